The van der Waals surface area contributed by atoms with E-state index in [1.54, 1.807) is 6.26 Å². The summed E-state index contributed by atoms with van der Waals surface area (Å²) in [4.78, 5) is 12.1. The van der Waals surface area contributed by atoms with E-state index in [1.165, 1.54) is 0 Å². The molecule has 7 heteroatoms. The van der Waals surface area contributed by atoms with Crippen LogP contribution in [0.2, 0.25) is 0 Å². The van der Waals surface area contributed by atoms with E-state index in [-0.39, 0.29) is 36.0 Å². The van der Waals surface area contributed by atoms with Crippen molar-refractivity contribution in [3.05, 3.63) is 60.1 Å². The van der Waals surface area contributed by atoms with Gasteiger partial charge in [-0.15, -0.1) is 0 Å². The maximum atomic E-state index is 12.1. The van der Waals surface area contributed by atoms with E-state index in [2.05, 4.69) is 5.32 Å². The maximum Gasteiger partial charge on any atom is 0.275 e. The fourth-order valence-electron chi connectivity index (χ4n) is 2.97. The zero-order valence-electron chi connectivity index (χ0n) is 13.2. The number of amides is 1. The van der Waals surface area contributed by atoms with Gasteiger partial charge in [0.05, 0.1) is 17.8 Å². The van der Waals surface area contributed by atoms with Gasteiger partial charge in [-0.2, -0.15) is 0 Å². The summed E-state index contributed by atoms with van der Waals surface area (Å²) in [5, 5.41) is 4.70. The Morgan fingerprint density at radius 1 is 1.25 bits per heavy atom. The molecule has 0 unspecified atom stereocenters. The van der Waals surface area contributed by atoms with Crippen LogP contribution in [0.15, 0.2) is 53.1 Å². The van der Waals surface area contributed by atoms with Crippen molar-refractivity contribution < 1.29 is 22.9 Å². The summed E-state index contributed by atoms with van der Waals surface area (Å²) >= 11 is 0. The molecule has 24 heavy (non-hydrogen) atoms. The normalized spacial score (nSPS) is 20.6. The molecule has 2 heterocycles. The molecule has 1 aliphatic heterocycles. The molecule has 128 valence electrons. The van der Waals surface area contributed by atoms with Crippen molar-refractivity contribution in [2.45, 2.75) is 18.5 Å². The minimum absolute atomic E-state index is 0.0407. The summed E-state index contributed by atoms with van der Waals surface area (Å²) in [5.41, 5.74) is 1.05. The van der Waals surface area contributed by atoms with Gasteiger partial charge in [0.15, 0.2) is 28.2 Å². The lowest BCUT2D eigenvalue weighted by atomic mass is 10.0. The van der Waals surface area contributed by atoms with Crippen molar-refractivity contribution in [3.8, 4) is 0 Å². The van der Waals surface area contributed by atoms with Gasteiger partial charge in [-0.05, 0) is 18.6 Å². The molecule has 6 nitrogen and oxygen atoms in total. The van der Waals surface area contributed by atoms with Crippen LogP contribution >= 0.6 is 0 Å². The molecule has 3 N–H and O–H groups in total. The lowest BCUT2D eigenvalue weighted by Gasteiger charge is -2.15. The summed E-state index contributed by atoms with van der Waals surface area (Å²) < 4.78 is 28.4. The van der Waals surface area contributed by atoms with Crippen LogP contribution in [0.5, 0.6) is 0 Å². The predicted molar refractivity (Wildman–Crippen MR) is 89.0 cm³/mol. The van der Waals surface area contributed by atoms with Crippen molar-refractivity contribution in [1.82, 2.24) is 5.32 Å². The van der Waals surface area contributed by atoms with E-state index in [4.69, 9.17) is 4.42 Å². The van der Waals surface area contributed by atoms with Gasteiger partial charge in [-0.25, -0.2) is 8.42 Å². The van der Waals surface area contributed by atoms with Crippen molar-refractivity contribution in [1.29, 1.82) is 0 Å². The number of nitrogens with two attached hydrogens (primary N) is 1. The van der Waals surface area contributed by atoms with Gasteiger partial charge < -0.3 is 15.1 Å². The number of carbonyl (C=O) groups is 1. The number of furan rings is 1. The van der Waals surface area contributed by atoms with Crippen molar-refractivity contribution in [2.75, 3.05) is 18.1 Å². The predicted octanol–water partition coefficient (Wildman–Crippen LogP) is 0.236. The molecule has 1 aliphatic rings. The van der Waals surface area contributed by atoms with E-state index < -0.39 is 9.84 Å². The largest absolute Gasteiger partial charge is 0.463 e. The van der Waals surface area contributed by atoms with Gasteiger partial charge in [-0.1, -0.05) is 30.3 Å². The zero-order valence-corrected chi connectivity index (χ0v) is 14.0. The Hall–Kier alpha value is -2.12. The maximum absolute atomic E-state index is 12.1. The number of nitrogens with one attached hydrogen (secondary N) is 1. The Bertz CT molecular complexity index is 772. The van der Waals surface area contributed by atoms with Crippen LogP contribution in [0.3, 0.4) is 0 Å². The SMILES string of the molecule is O=C(C[NH2+][C@H](c1ccccc1)c1ccco1)N[C@H]1CCS(=O)(=O)C1. The van der Waals surface area contributed by atoms with Crippen molar-refractivity contribution in [2.24, 2.45) is 0 Å². The van der Waals surface area contributed by atoms with Gasteiger partial charge in [0.2, 0.25) is 0 Å². The van der Waals surface area contributed by atoms with E-state index >= 15 is 0 Å². The fourth-order valence-corrected chi connectivity index (χ4v) is 4.64. The van der Waals surface area contributed by atoms with Crippen LogP contribution < -0.4 is 10.6 Å². The van der Waals surface area contributed by atoms with Crippen LogP contribution in [0, 0.1) is 0 Å². The van der Waals surface area contributed by atoms with E-state index in [9.17, 15) is 13.2 Å². The monoisotopic (exact) mass is 349 g/mol. The molecule has 2 aromatic rings. The summed E-state index contributed by atoms with van der Waals surface area (Å²) in [6.07, 6.45) is 2.11. The van der Waals surface area contributed by atoms with E-state index in [0.717, 1.165) is 11.3 Å². The summed E-state index contributed by atoms with van der Waals surface area (Å²) in [6, 6.07) is 13.1. The first-order chi connectivity index (χ1) is 11.5. The Morgan fingerprint density at radius 3 is 2.67 bits per heavy atom. The summed E-state index contributed by atoms with van der Waals surface area (Å²) in [5.74, 6) is 0.807. The standard InChI is InChI=1S/C17H20N2O4S/c20-16(19-14-8-10-24(21,22)12-14)11-18-17(15-7-4-9-23-15)13-5-2-1-3-6-13/h1-7,9,14,17-18H,8,10-12H2,(H,19,20)/p+1/t14-,17+/m0/s1. The molecule has 0 spiro atoms. The zero-order chi connectivity index (χ0) is 17.0. The van der Waals surface area contributed by atoms with E-state index in [0.29, 0.717) is 6.42 Å². The van der Waals surface area contributed by atoms with Crippen LogP contribution in [0.1, 0.15) is 23.8 Å². The molecule has 0 saturated carbocycles. The average Bonchev–Trinajstić information content (AvgIpc) is 3.18. The highest BCUT2D eigenvalue weighted by molar-refractivity contribution is 7.91. The molecular formula is C17H21N2O4S+. The van der Waals surface area contributed by atoms with Gasteiger partial charge in [0.1, 0.15) is 0 Å². The van der Waals surface area contributed by atoms with Crippen molar-refractivity contribution in [3.63, 3.8) is 0 Å². The number of benzene rings is 1. The third-order valence-electron chi connectivity index (χ3n) is 4.14. The number of quaternary nitrogens is 1. The summed E-state index contributed by atoms with van der Waals surface area (Å²) in [6.45, 7) is 0.205. The van der Waals surface area contributed by atoms with Gasteiger partial charge in [0, 0.05) is 11.6 Å². The number of carbonyl (C=O) groups excluding carboxylic acids is 1. The molecule has 0 radical (unpaired) electrons. The number of hydrogen-bond acceptors (Lipinski definition) is 4. The second-order valence-electron chi connectivity index (χ2n) is 6.01. The molecule has 1 aromatic carbocycles. The molecule has 2 atom stereocenters. The highest BCUT2D eigenvalue weighted by Crippen LogP contribution is 2.18. The number of hydrogen-bond donors (Lipinski definition) is 2. The third kappa shape index (κ3) is 4.24. The minimum Gasteiger partial charge on any atom is -0.463 e. The molecule has 3 rings (SSSR count). The lowest BCUT2D eigenvalue weighted by Crippen LogP contribution is -2.87. The number of sulfone groups is 1. The smallest absolute Gasteiger partial charge is 0.275 e. The van der Waals surface area contributed by atoms with Gasteiger partial charge in [0.25, 0.3) is 5.91 Å². The quantitative estimate of drug-likeness (QED) is 0.781. The first-order valence-electron chi connectivity index (χ1n) is 7.95. The topological polar surface area (TPSA) is 93.0 Å². The number of rotatable bonds is 6. The molecule has 1 amide bonds. The fraction of sp³-hybridized carbons (Fsp3) is 0.353. The Labute approximate surface area is 141 Å². The van der Waals surface area contributed by atoms with Crippen LogP contribution in [-0.2, 0) is 14.6 Å². The average molecular weight is 349 g/mol. The molecule has 1 aromatic heterocycles. The molecule has 1 saturated heterocycles. The molecule has 1 fully saturated rings. The first kappa shape index (κ1) is 16.7. The van der Waals surface area contributed by atoms with Crippen molar-refractivity contribution >= 4 is 15.7 Å². The highest BCUT2D eigenvalue weighted by atomic mass is 32.2. The molecular weight excluding hydrogens is 328 g/mol. The highest BCUT2D eigenvalue weighted by Gasteiger charge is 2.29. The van der Waals surface area contributed by atoms with E-state index in [1.807, 2.05) is 47.8 Å². The second-order valence-corrected chi connectivity index (χ2v) is 8.24. The van der Waals surface area contributed by atoms with Gasteiger partial charge >= 0.3 is 0 Å². The summed E-state index contributed by atoms with van der Waals surface area (Å²) in [7, 11) is -2.99. The van der Waals surface area contributed by atoms with Crippen LogP contribution in [0.4, 0.5) is 0 Å². The Balaban J connectivity index is 1.61. The van der Waals surface area contributed by atoms with Crippen LogP contribution in [-0.4, -0.2) is 38.4 Å². The first-order valence-corrected chi connectivity index (χ1v) is 9.77. The Morgan fingerprint density at radius 2 is 2.04 bits per heavy atom. The van der Waals surface area contributed by atoms with Crippen LogP contribution in [0.25, 0.3) is 0 Å². The minimum atomic E-state index is -2.99. The Kier molecular flexibility index (Phi) is 5.01. The molecule has 0 aliphatic carbocycles. The third-order valence-corrected chi connectivity index (χ3v) is 5.91. The van der Waals surface area contributed by atoms with Gasteiger partial charge in [-0.3, -0.25) is 4.79 Å². The lowest BCUT2D eigenvalue weighted by molar-refractivity contribution is -0.678. The molecule has 0 bridgehead atoms. The second kappa shape index (κ2) is 7.19.